The SMILES string of the molecule is CCN1C(=O)c2c(cc(C#N)c(/N=N/c3ccc4c(c3)CCCN4CCOC(C)=O)c2Br)C1O. The first-order valence-corrected chi connectivity index (χ1v) is 11.8. The number of anilines is 1. The summed E-state index contributed by atoms with van der Waals surface area (Å²) in [6.45, 7) is 5.36. The van der Waals surface area contributed by atoms with Crippen molar-refractivity contribution in [3.8, 4) is 6.07 Å². The first kappa shape index (κ1) is 23.9. The molecular weight excluding hydrogens is 502 g/mol. The maximum atomic E-state index is 12.7. The third kappa shape index (κ3) is 4.41. The average Bonchev–Trinajstić information content (AvgIpc) is 3.06. The number of carbonyl (C=O) groups excluding carboxylic acids is 2. The van der Waals surface area contributed by atoms with E-state index in [0.29, 0.717) is 41.0 Å². The van der Waals surface area contributed by atoms with Crippen molar-refractivity contribution in [3.63, 3.8) is 0 Å². The van der Waals surface area contributed by atoms with Crippen LogP contribution in [0.1, 0.15) is 53.5 Å². The number of benzene rings is 2. The number of azo groups is 1. The van der Waals surface area contributed by atoms with Gasteiger partial charge in [-0.2, -0.15) is 10.4 Å². The van der Waals surface area contributed by atoms with Crippen molar-refractivity contribution < 1.29 is 19.4 Å². The highest BCUT2D eigenvalue weighted by Gasteiger charge is 2.38. The Balaban J connectivity index is 1.62. The molecule has 1 unspecified atom stereocenters. The van der Waals surface area contributed by atoms with Gasteiger partial charge in [-0.05, 0) is 65.5 Å². The van der Waals surface area contributed by atoms with E-state index in [4.69, 9.17) is 4.74 Å². The van der Waals surface area contributed by atoms with Crippen LogP contribution in [0.2, 0.25) is 0 Å². The Kier molecular flexibility index (Phi) is 6.95. The molecule has 0 fully saturated rings. The van der Waals surface area contributed by atoms with Gasteiger partial charge in [0.05, 0.1) is 27.8 Å². The summed E-state index contributed by atoms with van der Waals surface area (Å²) in [6.07, 6.45) is 0.779. The number of carbonyl (C=O) groups is 2. The monoisotopic (exact) mass is 525 g/mol. The number of aliphatic hydroxyl groups excluding tert-OH is 1. The zero-order chi connectivity index (χ0) is 24.4. The van der Waals surface area contributed by atoms with Crippen LogP contribution in [-0.4, -0.2) is 48.1 Å². The van der Waals surface area contributed by atoms with Crippen molar-refractivity contribution >= 4 is 44.9 Å². The lowest BCUT2D eigenvalue weighted by Gasteiger charge is -2.31. The first-order valence-electron chi connectivity index (χ1n) is 11.0. The van der Waals surface area contributed by atoms with Gasteiger partial charge in [0.1, 0.15) is 18.4 Å². The number of aliphatic hydroxyl groups is 1. The summed E-state index contributed by atoms with van der Waals surface area (Å²) < 4.78 is 5.42. The minimum atomic E-state index is -1.09. The summed E-state index contributed by atoms with van der Waals surface area (Å²) in [6, 6.07) is 9.35. The number of hydrogen-bond donors (Lipinski definition) is 1. The van der Waals surface area contributed by atoms with E-state index in [-0.39, 0.29) is 23.1 Å². The van der Waals surface area contributed by atoms with E-state index in [1.54, 1.807) is 6.92 Å². The van der Waals surface area contributed by atoms with Crippen LogP contribution in [0, 0.1) is 11.3 Å². The fraction of sp³-hybridized carbons (Fsp3) is 0.375. The van der Waals surface area contributed by atoms with Gasteiger partial charge in [0, 0.05) is 31.3 Å². The summed E-state index contributed by atoms with van der Waals surface area (Å²) in [5.41, 5.74) is 3.98. The molecule has 2 heterocycles. The number of amides is 1. The van der Waals surface area contributed by atoms with Gasteiger partial charge in [-0.3, -0.25) is 9.59 Å². The Hall–Kier alpha value is -3.29. The molecule has 2 aliphatic heterocycles. The Bertz CT molecular complexity index is 1220. The van der Waals surface area contributed by atoms with Gasteiger partial charge in [-0.25, -0.2) is 0 Å². The van der Waals surface area contributed by atoms with Crippen molar-refractivity contribution in [2.45, 2.75) is 32.9 Å². The molecule has 176 valence electrons. The molecule has 34 heavy (non-hydrogen) atoms. The molecule has 0 bridgehead atoms. The first-order chi connectivity index (χ1) is 16.3. The molecule has 1 amide bonds. The molecule has 4 rings (SSSR count). The predicted octanol–water partition coefficient (Wildman–Crippen LogP) is 4.52. The lowest BCUT2D eigenvalue weighted by Crippen LogP contribution is -2.32. The van der Waals surface area contributed by atoms with Crippen LogP contribution in [0.25, 0.3) is 0 Å². The van der Waals surface area contributed by atoms with E-state index < -0.39 is 6.23 Å². The molecule has 9 nitrogen and oxygen atoms in total. The highest BCUT2D eigenvalue weighted by molar-refractivity contribution is 9.10. The quantitative estimate of drug-likeness (QED) is 0.437. The molecule has 2 aliphatic rings. The standard InChI is InChI=1S/C24H24BrN5O4/c1-3-30-23(32)18-12-16(13-26)22(21(25)20(18)24(30)33)28-27-17-6-7-19-15(11-17)5-4-8-29(19)9-10-34-14(2)31/h6-7,11-12,23,32H,3-5,8-10H2,1-2H3/b28-27+. The second-order valence-electron chi connectivity index (χ2n) is 8.07. The Morgan fingerprint density at radius 1 is 1.35 bits per heavy atom. The van der Waals surface area contributed by atoms with Crippen LogP contribution in [0.4, 0.5) is 17.1 Å². The second-order valence-corrected chi connectivity index (χ2v) is 8.86. The van der Waals surface area contributed by atoms with E-state index >= 15 is 0 Å². The molecule has 0 aliphatic carbocycles. The van der Waals surface area contributed by atoms with Crippen molar-refractivity contribution in [1.29, 1.82) is 5.26 Å². The molecular formula is C24H24BrN5O4. The van der Waals surface area contributed by atoms with Gasteiger partial charge in [-0.1, -0.05) is 0 Å². The normalized spacial score (nSPS) is 17.0. The van der Waals surface area contributed by atoms with Crippen LogP contribution in [0.3, 0.4) is 0 Å². The number of aryl methyl sites for hydroxylation is 1. The van der Waals surface area contributed by atoms with E-state index in [0.717, 1.165) is 30.6 Å². The molecule has 0 aromatic heterocycles. The summed E-state index contributed by atoms with van der Waals surface area (Å²) in [7, 11) is 0. The minimum absolute atomic E-state index is 0.216. The molecule has 1 N–H and O–H groups in total. The smallest absolute Gasteiger partial charge is 0.302 e. The van der Waals surface area contributed by atoms with Gasteiger partial charge in [0.25, 0.3) is 5.91 Å². The highest BCUT2D eigenvalue weighted by atomic mass is 79.9. The van der Waals surface area contributed by atoms with Crippen molar-refractivity contribution in [2.24, 2.45) is 10.2 Å². The third-order valence-corrected chi connectivity index (χ3v) is 6.76. The largest absolute Gasteiger partial charge is 0.464 e. The fourth-order valence-corrected chi connectivity index (χ4v) is 5.06. The number of nitrogens with zero attached hydrogens (tertiary/aromatic N) is 5. The topological polar surface area (TPSA) is 119 Å². The predicted molar refractivity (Wildman–Crippen MR) is 128 cm³/mol. The van der Waals surface area contributed by atoms with Crippen molar-refractivity contribution in [2.75, 3.05) is 31.1 Å². The van der Waals surface area contributed by atoms with Gasteiger partial charge in [-0.15, -0.1) is 5.11 Å². The van der Waals surface area contributed by atoms with Crippen LogP contribution < -0.4 is 4.90 Å². The lowest BCUT2D eigenvalue weighted by molar-refractivity contribution is -0.140. The van der Waals surface area contributed by atoms with E-state index in [2.05, 4.69) is 37.1 Å². The number of esters is 1. The number of fused-ring (bicyclic) bond motifs is 2. The molecule has 2 aromatic rings. The van der Waals surface area contributed by atoms with Crippen molar-refractivity contribution in [3.05, 3.63) is 51.0 Å². The molecule has 10 heteroatoms. The molecule has 0 spiro atoms. The van der Waals surface area contributed by atoms with Crippen LogP contribution in [0.5, 0.6) is 0 Å². The highest BCUT2D eigenvalue weighted by Crippen LogP contribution is 2.43. The number of ether oxygens (including phenoxy) is 1. The Morgan fingerprint density at radius 3 is 2.85 bits per heavy atom. The third-order valence-electron chi connectivity index (χ3n) is 5.99. The van der Waals surface area contributed by atoms with E-state index in [1.165, 1.54) is 17.9 Å². The summed E-state index contributed by atoms with van der Waals surface area (Å²) in [4.78, 5) is 27.3. The Labute approximate surface area is 205 Å². The molecule has 2 aromatic carbocycles. The Morgan fingerprint density at radius 2 is 2.15 bits per heavy atom. The van der Waals surface area contributed by atoms with E-state index in [9.17, 15) is 20.0 Å². The van der Waals surface area contributed by atoms with Crippen molar-refractivity contribution in [1.82, 2.24) is 4.90 Å². The van der Waals surface area contributed by atoms with Gasteiger partial charge >= 0.3 is 5.97 Å². The van der Waals surface area contributed by atoms with Gasteiger partial charge in [0.2, 0.25) is 0 Å². The summed E-state index contributed by atoms with van der Waals surface area (Å²) >= 11 is 3.42. The summed E-state index contributed by atoms with van der Waals surface area (Å²) in [5.74, 6) is -0.610. The van der Waals surface area contributed by atoms with E-state index in [1.807, 2.05) is 18.2 Å². The minimum Gasteiger partial charge on any atom is -0.464 e. The zero-order valence-electron chi connectivity index (χ0n) is 18.9. The lowest BCUT2D eigenvalue weighted by atomic mass is 10.0. The molecule has 0 saturated carbocycles. The molecule has 0 radical (unpaired) electrons. The average molecular weight is 526 g/mol. The van der Waals surface area contributed by atoms with Crippen LogP contribution in [0.15, 0.2) is 39.0 Å². The van der Waals surface area contributed by atoms with Crippen LogP contribution >= 0.6 is 15.9 Å². The number of halogens is 1. The van der Waals surface area contributed by atoms with Crippen LogP contribution in [-0.2, 0) is 16.0 Å². The number of rotatable bonds is 6. The second kappa shape index (κ2) is 9.91. The zero-order valence-corrected chi connectivity index (χ0v) is 20.5. The van der Waals surface area contributed by atoms with Gasteiger partial charge in [0.15, 0.2) is 6.23 Å². The van der Waals surface area contributed by atoms with Gasteiger partial charge < -0.3 is 19.6 Å². The fourth-order valence-electron chi connectivity index (χ4n) is 4.37. The number of nitriles is 1. The number of hydrogen-bond acceptors (Lipinski definition) is 8. The molecule has 1 atom stereocenters. The maximum Gasteiger partial charge on any atom is 0.302 e. The summed E-state index contributed by atoms with van der Waals surface area (Å²) in [5, 5.41) is 28.8. The maximum absolute atomic E-state index is 12.7. The molecule has 0 saturated heterocycles.